The monoisotopic (exact) mass is 400 g/mol. The number of rotatable bonds is 15. The summed E-state index contributed by atoms with van der Waals surface area (Å²) in [5, 5.41) is 8.25. The molecule has 0 saturated heterocycles. The topological polar surface area (TPSA) is 106 Å². The van der Waals surface area contributed by atoms with E-state index >= 15 is 0 Å². The summed E-state index contributed by atoms with van der Waals surface area (Å²) in [5.74, 6) is -0.714. The zero-order chi connectivity index (χ0) is 22.1. The van der Waals surface area contributed by atoms with Gasteiger partial charge in [-0.15, -0.1) is 0 Å². The SMILES string of the molecule is CC(C)(C)C(=O)O.CCCCCCCCCCCC(=O)C(N)(N)CCCCC. The third-order valence-corrected chi connectivity index (χ3v) is 4.86. The molecule has 0 rings (SSSR count). The third-order valence-electron chi connectivity index (χ3n) is 4.86. The molecule has 0 aliphatic carbocycles. The largest absolute Gasteiger partial charge is 0.481 e. The Morgan fingerprint density at radius 2 is 1.07 bits per heavy atom. The van der Waals surface area contributed by atoms with Crippen molar-refractivity contribution in [3.05, 3.63) is 0 Å². The van der Waals surface area contributed by atoms with Crippen LogP contribution in [-0.4, -0.2) is 22.5 Å². The first kappa shape index (κ1) is 29.3. The van der Waals surface area contributed by atoms with Crippen LogP contribution in [0.4, 0.5) is 0 Å². The van der Waals surface area contributed by atoms with Gasteiger partial charge in [0.15, 0.2) is 5.78 Å². The van der Waals surface area contributed by atoms with E-state index in [1.54, 1.807) is 20.8 Å². The molecule has 0 radical (unpaired) electrons. The summed E-state index contributed by atoms with van der Waals surface area (Å²) < 4.78 is 0. The molecular formula is C23H48N2O3. The number of carbonyl (C=O) groups is 2. The predicted octanol–water partition coefficient (Wildman–Crippen LogP) is 5.79. The second-order valence-corrected chi connectivity index (χ2v) is 9.05. The summed E-state index contributed by atoms with van der Waals surface area (Å²) in [6, 6.07) is 0. The number of nitrogens with two attached hydrogens (primary N) is 2. The highest BCUT2D eigenvalue weighted by Crippen LogP contribution is 2.14. The van der Waals surface area contributed by atoms with Crippen molar-refractivity contribution in [3.8, 4) is 0 Å². The molecule has 0 fully saturated rings. The van der Waals surface area contributed by atoms with E-state index in [0.717, 1.165) is 32.1 Å². The standard InChI is InChI=1S/C18H38N2O.C5H10O2/c1-3-5-7-8-9-10-11-12-13-15-17(21)18(19,20)16-14-6-4-2;1-5(2,3)4(6)7/h3-16,19-20H2,1-2H3;1-3H3,(H,6,7). The van der Waals surface area contributed by atoms with Crippen LogP contribution in [0.2, 0.25) is 0 Å². The van der Waals surface area contributed by atoms with Gasteiger partial charge in [-0.05, 0) is 40.0 Å². The lowest BCUT2D eigenvalue weighted by Crippen LogP contribution is -2.56. The zero-order valence-corrected chi connectivity index (χ0v) is 19.3. The fourth-order valence-electron chi connectivity index (χ4n) is 2.64. The van der Waals surface area contributed by atoms with Gasteiger partial charge in [0.2, 0.25) is 0 Å². The normalized spacial score (nSPS) is 11.7. The average molecular weight is 401 g/mol. The second kappa shape index (κ2) is 17.0. The van der Waals surface area contributed by atoms with Crippen LogP contribution in [0, 0.1) is 5.41 Å². The van der Waals surface area contributed by atoms with Gasteiger partial charge in [0, 0.05) is 6.42 Å². The number of Topliss-reactive ketones (excluding diaryl/α,β-unsaturated/α-hetero) is 1. The van der Waals surface area contributed by atoms with Crippen molar-refractivity contribution in [1.29, 1.82) is 0 Å². The van der Waals surface area contributed by atoms with Crippen LogP contribution >= 0.6 is 0 Å². The second-order valence-electron chi connectivity index (χ2n) is 9.05. The van der Waals surface area contributed by atoms with Crippen molar-refractivity contribution in [1.82, 2.24) is 0 Å². The van der Waals surface area contributed by atoms with E-state index in [-0.39, 0.29) is 5.78 Å². The molecular weight excluding hydrogens is 352 g/mol. The quantitative estimate of drug-likeness (QED) is 0.238. The van der Waals surface area contributed by atoms with Gasteiger partial charge in [0.25, 0.3) is 0 Å². The van der Waals surface area contributed by atoms with Gasteiger partial charge in [0.05, 0.1) is 5.41 Å². The number of hydrogen-bond donors (Lipinski definition) is 3. The third kappa shape index (κ3) is 18.4. The summed E-state index contributed by atoms with van der Waals surface area (Å²) in [7, 11) is 0. The van der Waals surface area contributed by atoms with Crippen molar-refractivity contribution in [2.75, 3.05) is 0 Å². The fraction of sp³-hybridized carbons (Fsp3) is 0.913. The number of carbonyl (C=O) groups excluding carboxylic acids is 1. The van der Waals surface area contributed by atoms with E-state index < -0.39 is 17.0 Å². The average Bonchev–Trinajstić information content (AvgIpc) is 2.60. The molecule has 0 heterocycles. The number of carboxylic acid groups (broad SMARTS) is 1. The zero-order valence-electron chi connectivity index (χ0n) is 19.3. The minimum absolute atomic E-state index is 0.0431. The highest BCUT2D eigenvalue weighted by molar-refractivity contribution is 5.87. The van der Waals surface area contributed by atoms with Crippen molar-refractivity contribution in [3.63, 3.8) is 0 Å². The van der Waals surface area contributed by atoms with Crippen molar-refractivity contribution < 1.29 is 14.7 Å². The molecule has 0 aromatic carbocycles. The Hall–Kier alpha value is -0.940. The van der Waals surface area contributed by atoms with Gasteiger partial charge < -0.3 is 16.6 Å². The summed E-state index contributed by atoms with van der Waals surface area (Å²) in [6.45, 7) is 9.37. The maximum absolute atomic E-state index is 12.0. The molecule has 0 aromatic rings. The van der Waals surface area contributed by atoms with Crippen LogP contribution in [0.25, 0.3) is 0 Å². The lowest BCUT2D eigenvalue weighted by Gasteiger charge is -2.22. The first-order chi connectivity index (χ1) is 13.0. The molecule has 0 aliphatic rings. The van der Waals surface area contributed by atoms with Crippen LogP contribution in [0.5, 0.6) is 0 Å². The Morgan fingerprint density at radius 1 is 0.714 bits per heavy atom. The number of ketones is 1. The summed E-state index contributed by atoms with van der Waals surface area (Å²) in [4.78, 5) is 22.0. The Bertz CT molecular complexity index is 401. The Labute approximate surface area is 174 Å². The molecule has 0 atom stereocenters. The molecule has 168 valence electrons. The highest BCUT2D eigenvalue weighted by Gasteiger charge is 2.27. The lowest BCUT2D eigenvalue weighted by atomic mass is 9.95. The Morgan fingerprint density at radius 3 is 1.46 bits per heavy atom. The molecule has 28 heavy (non-hydrogen) atoms. The number of aliphatic carboxylic acids is 1. The van der Waals surface area contributed by atoms with E-state index in [2.05, 4.69) is 13.8 Å². The fourth-order valence-corrected chi connectivity index (χ4v) is 2.64. The van der Waals surface area contributed by atoms with Crippen LogP contribution in [0.3, 0.4) is 0 Å². The highest BCUT2D eigenvalue weighted by atomic mass is 16.4. The van der Waals surface area contributed by atoms with Gasteiger partial charge >= 0.3 is 5.97 Å². The molecule has 5 N–H and O–H groups in total. The number of unbranched alkanes of at least 4 members (excludes halogenated alkanes) is 10. The molecule has 5 nitrogen and oxygen atoms in total. The number of carboxylic acids is 1. The van der Waals surface area contributed by atoms with Crippen molar-refractivity contribution >= 4 is 11.8 Å². The first-order valence-corrected chi connectivity index (χ1v) is 11.3. The Balaban J connectivity index is 0. The van der Waals surface area contributed by atoms with Crippen LogP contribution in [0.1, 0.15) is 125 Å². The lowest BCUT2D eigenvalue weighted by molar-refractivity contribution is -0.145. The Kier molecular flexibility index (Phi) is 17.7. The summed E-state index contributed by atoms with van der Waals surface area (Å²) in [6.07, 6.45) is 15.7. The summed E-state index contributed by atoms with van der Waals surface area (Å²) in [5.41, 5.74) is 10.2. The maximum atomic E-state index is 12.0. The molecule has 0 unspecified atom stereocenters. The van der Waals surface area contributed by atoms with Crippen LogP contribution in [-0.2, 0) is 9.59 Å². The van der Waals surface area contributed by atoms with E-state index in [0.29, 0.717) is 12.8 Å². The molecule has 0 saturated carbocycles. The van der Waals surface area contributed by atoms with E-state index in [1.165, 1.54) is 44.9 Å². The van der Waals surface area contributed by atoms with Crippen molar-refractivity contribution in [2.24, 2.45) is 16.9 Å². The first-order valence-electron chi connectivity index (χ1n) is 11.3. The molecule has 0 aromatic heterocycles. The van der Waals surface area contributed by atoms with Crippen molar-refractivity contribution in [2.45, 2.75) is 130 Å². The molecule has 0 bridgehead atoms. The molecule has 0 spiro atoms. The van der Waals surface area contributed by atoms with Gasteiger partial charge in [-0.3, -0.25) is 9.59 Å². The molecule has 0 amide bonds. The predicted molar refractivity (Wildman–Crippen MR) is 119 cm³/mol. The van der Waals surface area contributed by atoms with E-state index in [4.69, 9.17) is 16.6 Å². The van der Waals surface area contributed by atoms with Gasteiger partial charge in [-0.1, -0.05) is 78.1 Å². The van der Waals surface area contributed by atoms with Gasteiger partial charge in [-0.25, -0.2) is 0 Å². The minimum atomic E-state index is -1.09. The number of hydrogen-bond acceptors (Lipinski definition) is 4. The van der Waals surface area contributed by atoms with Crippen LogP contribution < -0.4 is 11.5 Å². The smallest absolute Gasteiger partial charge is 0.308 e. The molecule has 0 aliphatic heterocycles. The minimum Gasteiger partial charge on any atom is -0.481 e. The molecule has 5 heteroatoms. The van der Waals surface area contributed by atoms with Gasteiger partial charge in [0.1, 0.15) is 5.66 Å². The maximum Gasteiger partial charge on any atom is 0.308 e. The van der Waals surface area contributed by atoms with E-state index in [1.807, 2.05) is 0 Å². The van der Waals surface area contributed by atoms with Crippen LogP contribution in [0.15, 0.2) is 0 Å². The van der Waals surface area contributed by atoms with Gasteiger partial charge in [-0.2, -0.15) is 0 Å². The summed E-state index contributed by atoms with van der Waals surface area (Å²) >= 11 is 0. The van der Waals surface area contributed by atoms with E-state index in [9.17, 15) is 9.59 Å².